The van der Waals surface area contributed by atoms with Crippen LogP contribution < -0.4 is 5.73 Å². The van der Waals surface area contributed by atoms with Gasteiger partial charge in [0.2, 0.25) is 0 Å². The van der Waals surface area contributed by atoms with E-state index < -0.39 is 11.6 Å². The van der Waals surface area contributed by atoms with Gasteiger partial charge in [0.05, 0.1) is 0 Å². The maximum Gasteiger partial charge on any atom is 0.161 e. The molecule has 2 rings (SSSR count). The molecule has 1 aromatic heterocycles. The Bertz CT molecular complexity index is 555. The van der Waals surface area contributed by atoms with E-state index in [1.165, 1.54) is 6.07 Å². The number of hydrogen-bond donors (Lipinski definition) is 1. The van der Waals surface area contributed by atoms with Gasteiger partial charge in [-0.15, -0.1) is 0 Å². The Morgan fingerprint density at radius 2 is 1.88 bits per heavy atom. The van der Waals surface area contributed by atoms with E-state index >= 15 is 0 Å². The Kier molecular flexibility index (Phi) is 2.99. The van der Waals surface area contributed by atoms with Gasteiger partial charge in [-0.25, -0.2) is 18.7 Å². The van der Waals surface area contributed by atoms with Crippen molar-refractivity contribution in [3.05, 3.63) is 41.6 Å². The van der Waals surface area contributed by atoms with Crippen LogP contribution in [0.15, 0.2) is 24.3 Å². The molecule has 88 valence electrons. The van der Waals surface area contributed by atoms with Gasteiger partial charge in [-0.05, 0) is 24.6 Å². The highest BCUT2D eigenvalue weighted by Gasteiger charge is 2.08. The molecule has 0 radical (unpaired) electrons. The van der Waals surface area contributed by atoms with Gasteiger partial charge in [0.1, 0.15) is 5.82 Å². The Balaban J connectivity index is 2.52. The minimum Gasteiger partial charge on any atom is -0.384 e. The van der Waals surface area contributed by atoms with Crippen molar-refractivity contribution in [3.63, 3.8) is 0 Å². The first kappa shape index (κ1) is 11.4. The lowest BCUT2D eigenvalue weighted by Crippen LogP contribution is -2.00. The molecule has 2 N–H and O–H groups in total. The van der Waals surface area contributed by atoms with E-state index in [4.69, 9.17) is 5.73 Å². The van der Waals surface area contributed by atoms with Gasteiger partial charge >= 0.3 is 0 Å². The first-order chi connectivity index (χ1) is 8.10. The third kappa shape index (κ3) is 2.38. The molecule has 17 heavy (non-hydrogen) atoms. The molecule has 5 heteroatoms. The van der Waals surface area contributed by atoms with Gasteiger partial charge in [0.15, 0.2) is 17.5 Å². The average molecular weight is 235 g/mol. The molecule has 1 heterocycles. The number of benzene rings is 1. The normalized spacial score (nSPS) is 10.5. The summed E-state index contributed by atoms with van der Waals surface area (Å²) < 4.78 is 25.9. The van der Waals surface area contributed by atoms with E-state index in [9.17, 15) is 8.78 Å². The van der Waals surface area contributed by atoms with Crippen LogP contribution in [0.25, 0.3) is 11.4 Å². The molecule has 1 aromatic carbocycles. The summed E-state index contributed by atoms with van der Waals surface area (Å²) in [5.74, 6) is -1.20. The van der Waals surface area contributed by atoms with Crippen molar-refractivity contribution in [2.45, 2.75) is 13.3 Å². The summed E-state index contributed by atoms with van der Waals surface area (Å²) >= 11 is 0. The fourth-order valence-corrected chi connectivity index (χ4v) is 1.46. The number of aryl methyl sites for hydroxylation is 1. The minimum absolute atomic E-state index is 0.306. The Labute approximate surface area is 97.3 Å². The van der Waals surface area contributed by atoms with E-state index in [0.29, 0.717) is 23.6 Å². The van der Waals surface area contributed by atoms with Gasteiger partial charge < -0.3 is 5.73 Å². The Morgan fingerprint density at radius 1 is 1.12 bits per heavy atom. The lowest BCUT2D eigenvalue weighted by molar-refractivity contribution is 0.509. The van der Waals surface area contributed by atoms with Crippen molar-refractivity contribution >= 4 is 5.82 Å². The lowest BCUT2D eigenvalue weighted by Gasteiger charge is -2.04. The average Bonchev–Trinajstić information content (AvgIpc) is 2.32. The first-order valence-corrected chi connectivity index (χ1v) is 5.19. The predicted molar refractivity (Wildman–Crippen MR) is 61.2 cm³/mol. The summed E-state index contributed by atoms with van der Waals surface area (Å²) in [6.07, 6.45) is 0.698. The molecule has 0 amide bonds. The Morgan fingerprint density at radius 3 is 2.53 bits per heavy atom. The summed E-state index contributed by atoms with van der Waals surface area (Å²) in [4.78, 5) is 8.21. The van der Waals surface area contributed by atoms with E-state index in [-0.39, 0.29) is 0 Å². The van der Waals surface area contributed by atoms with Crippen molar-refractivity contribution in [1.29, 1.82) is 0 Å². The number of anilines is 1. The van der Waals surface area contributed by atoms with E-state index in [1.54, 1.807) is 6.07 Å². The highest BCUT2D eigenvalue weighted by atomic mass is 19.2. The molecule has 0 spiro atoms. The summed E-state index contributed by atoms with van der Waals surface area (Å²) in [6.45, 7) is 1.93. The zero-order valence-corrected chi connectivity index (χ0v) is 9.24. The summed E-state index contributed by atoms with van der Waals surface area (Å²) in [7, 11) is 0. The molecule has 0 aliphatic heterocycles. The van der Waals surface area contributed by atoms with Crippen molar-refractivity contribution in [1.82, 2.24) is 9.97 Å². The maximum atomic E-state index is 13.1. The van der Waals surface area contributed by atoms with E-state index in [1.807, 2.05) is 6.92 Å². The number of halogens is 2. The van der Waals surface area contributed by atoms with Crippen LogP contribution in [0.1, 0.15) is 12.6 Å². The van der Waals surface area contributed by atoms with Crippen molar-refractivity contribution in [2.75, 3.05) is 5.73 Å². The number of hydrogen-bond acceptors (Lipinski definition) is 3. The number of nitrogen functional groups attached to an aromatic ring is 1. The van der Waals surface area contributed by atoms with Crippen LogP contribution >= 0.6 is 0 Å². The smallest absolute Gasteiger partial charge is 0.161 e. The fourth-order valence-electron chi connectivity index (χ4n) is 1.46. The molecule has 0 bridgehead atoms. The molecule has 0 unspecified atom stereocenters. The van der Waals surface area contributed by atoms with Crippen molar-refractivity contribution < 1.29 is 8.78 Å². The summed E-state index contributed by atoms with van der Waals surface area (Å²) in [6, 6.07) is 5.18. The van der Waals surface area contributed by atoms with Crippen molar-refractivity contribution in [3.8, 4) is 11.4 Å². The molecule has 0 aliphatic carbocycles. The highest BCUT2D eigenvalue weighted by molar-refractivity contribution is 5.57. The number of nitrogens with zero attached hydrogens (tertiary/aromatic N) is 2. The minimum atomic E-state index is -0.924. The van der Waals surface area contributed by atoms with Gasteiger partial charge in [0, 0.05) is 17.3 Å². The second-order valence-electron chi connectivity index (χ2n) is 3.59. The van der Waals surface area contributed by atoms with Gasteiger partial charge in [-0.3, -0.25) is 0 Å². The summed E-state index contributed by atoms with van der Waals surface area (Å²) in [5, 5.41) is 0. The molecular formula is C12H11F2N3. The molecule has 3 nitrogen and oxygen atoms in total. The maximum absolute atomic E-state index is 13.1. The fraction of sp³-hybridized carbons (Fsp3) is 0.167. The molecular weight excluding hydrogens is 224 g/mol. The standard InChI is InChI=1S/C12H11F2N3/c1-2-8-6-11(15)17-12(16-8)7-3-4-9(13)10(14)5-7/h3-6H,2H2,1H3,(H2,15,16,17). The van der Waals surface area contributed by atoms with Crippen LogP contribution in [0.2, 0.25) is 0 Å². The largest absolute Gasteiger partial charge is 0.384 e. The molecule has 0 saturated carbocycles. The zero-order valence-electron chi connectivity index (χ0n) is 9.24. The second-order valence-corrected chi connectivity index (χ2v) is 3.59. The zero-order chi connectivity index (χ0) is 12.4. The predicted octanol–water partition coefficient (Wildman–Crippen LogP) is 2.57. The monoisotopic (exact) mass is 235 g/mol. The Hall–Kier alpha value is -2.04. The van der Waals surface area contributed by atoms with Crippen LogP contribution in [0.5, 0.6) is 0 Å². The van der Waals surface area contributed by atoms with Gasteiger partial charge in [-0.1, -0.05) is 6.92 Å². The lowest BCUT2D eigenvalue weighted by atomic mass is 10.2. The molecule has 0 aliphatic rings. The van der Waals surface area contributed by atoms with Crippen LogP contribution in [0, 0.1) is 11.6 Å². The van der Waals surface area contributed by atoms with E-state index in [2.05, 4.69) is 9.97 Å². The molecule has 0 saturated heterocycles. The highest BCUT2D eigenvalue weighted by Crippen LogP contribution is 2.19. The van der Waals surface area contributed by atoms with Crippen molar-refractivity contribution in [2.24, 2.45) is 0 Å². The first-order valence-electron chi connectivity index (χ1n) is 5.19. The SMILES string of the molecule is CCc1cc(N)nc(-c2ccc(F)c(F)c2)n1. The topological polar surface area (TPSA) is 51.8 Å². The third-order valence-corrected chi connectivity index (χ3v) is 2.34. The van der Waals surface area contributed by atoms with Crippen LogP contribution in [-0.4, -0.2) is 9.97 Å². The number of aromatic nitrogens is 2. The second kappa shape index (κ2) is 4.45. The van der Waals surface area contributed by atoms with Crippen LogP contribution in [0.3, 0.4) is 0 Å². The molecule has 0 fully saturated rings. The molecule has 2 aromatic rings. The van der Waals surface area contributed by atoms with Gasteiger partial charge in [-0.2, -0.15) is 0 Å². The number of rotatable bonds is 2. The number of nitrogens with two attached hydrogens (primary N) is 1. The third-order valence-electron chi connectivity index (χ3n) is 2.34. The quantitative estimate of drug-likeness (QED) is 0.870. The van der Waals surface area contributed by atoms with Crippen LogP contribution in [-0.2, 0) is 6.42 Å². The van der Waals surface area contributed by atoms with Crippen LogP contribution in [0.4, 0.5) is 14.6 Å². The summed E-state index contributed by atoms with van der Waals surface area (Å²) in [5.41, 5.74) is 6.79. The van der Waals surface area contributed by atoms with E-state index in [0.717, 1.165) is 17.8 Å². The molecule has 0 atom stereocenters. The van der Waals surface area contributed by atoms with Gasteiger partial charge in [0.25, 0.3) is 0 Å².